The lowest BCUT2D eigenvalue weighted by atomic mass is 10.2. The Hall–Kier alpha value is -2.08. The van der Waals surface area contributed by atoms with Crippen LogP contribution in [0.2, 0.25) is 0 Å². The molecule has 0 saturated carbocycles. The third-order valence-electron chi connectivity index (χ3n) is 2.66. The summed E-state index contributed by atoms with van der Waals surface area (Å²) in [6.07, 6.45) is 1.18. The first-order valence-electron chi connectivity index (χ1n) is 7.07. The highest BCUT2D eigenvalue weighted by Crippen LogP contribution is 2.17. The van der Waals surface area contributed by atoms with E-state index < -0.39 is 11.7 Å². The Morgan fingerprint density at radius 1 is 1.27 bits per heavy atom. The fourth-order valence-corrected chi connectivity index (χ4v) is 2.58. The van der Waals surface area contributed by atoms with Crippen molar-refractivity contribution in [1.29, 1.82) is 0 Å². The average Bonchev–Trinajstić information content (AvgIpc) is 2.81. The fourth-order valence-electron chi connectivity index (χ4n) is 1.75. The molecule has 2 aromatic rings. The lowest BCUT2D eigenvalue weighted by Crippen LogP contribution is -2.27. The highest BCUT2D eigenvalue weighted by Gasteiger charge is 2.16. The lowest BCUT2D eigenvalue weighted by Gasteiger charge is -2.19. The Labute approximate surface area is 134 Å². The van der Waals surface area contributed by atoms with E-state index in [4.69, 9.17) is 4.74 Å². The normalized spacial score (nSPS) is 11.1. The second-order valence-electron chi connectivity index (χ2n) is 5.92. The van der Waals surface area contributed by atoms with Crippen LogP contribution in [0, 0.1) is 6.92 Å². The second kappa shape index (κ2) is 6.79. The summed E-state index contributed by atoms with van der Waals surface area (Å²) in [7, 11) is 0. The van der Waals surface area contributed by atoms with Crippen LogP contribution in [0.15, 0.2) is 30.5 Å². The molecular weight excluding hydrogens is 298 g/mol. The molecule has 0 aliphatic heterocycles. The Bertz CT molecular complexity index is 630. The first-order chi connectivity index (χ1) is 10.3. The minimum absolute atomic E-state index is 0.465. The van der Waals surface area contributed by atoms with E-state index in [1.54, 1.807) is 23.6 Å². The SMILES string of the molecule is Cc1ccc(CNc2ccc(NC(=O)OC(C)(C)C)nc2)s1. The van der Waals surface area contributed by atoms with Gasteiger partial charge in [0.15, 0.2) is 0 Å². The Morgan fingerprint density at radius 3 is 2.59 bits per heavy atom. The Morgan fingerprint density at radius 2 is 2.05 bits per heavy atom. The molecule has 0 aliphatic rings. The number of pyridine rings is 1. The number of hydrogen-bond acceptors (Lipinski definition) is 5. The van der Waals surface area contributed by atoms with E-state index in [2.05, 4.69) is 34.7 Å². The first kappa shape index (κ1) is 16.3. The van der Waals surface area contributed by atoms with Crippen molar-refractivity contribution in [3.8, 4) is 0 Å². The van der Waals surface area contributed by atoms with E-state index in [9.17, 15) is 4.79 Å². The standard InChI is InChI=1S/C16H21N3O2S/c1-11-5-7-13(22-11)10-17-12-6-8-14(18-9-12)19-15(20)21-16(2,3)4/h5-9,17H,10H2,1-4H3,(H,18,19,20). The number of carbonyl (C=O) groups is 1. The van der Waals surface area contributed by atoms with Crippen molar-refractivity contribution >= 4 is 28.9 Å². The van der Waals surface area contributed by atoms with Gasteiger partial charge in [-0.1, -0.05) is 0 Å². The molecular formula is C16H21N3O2S. The second-order valence-corrected chi connectivity index (χ2v) is 7.30. The summed E-state index contributed by atoms with van der Waals surface area (Å²) in [5, 5.41) is 5.90. The van der Waals surface area contributed by atoms with Gasteiger partial charge < -0.3 is 10.1 Å². The van der Waals surface area contributed by atoms with Crippen LogP contribution < -0.4 is 10.6 Å². The van der Waals surface area contributed by atoms with Crippen molar-refractivity contribution in [3.63, 3.8) is 0 Å². The minimum atomic E-state index is -0.523. The van der Waals surface area contributed by atoms with Crippen LogP contribution in [0.5, 0.6) is 0 Å². The van der Waals surface area contributed by atoms with Gasteiger partial charge >= 0.3 is 6.09 Å². The van der Waals surface area contributed by atoms with Gasteiger partial charge in [-0.2, -0.15) is 0 Å². The molecule has 0 atom stereocenters. The van der Waals surface area contributed by atoms with Crippen molar-refractivity contribution in [3.05, 3.63) is 40.2 Å². The Balaban J connectivity index is 1.86. The van der Waals surface area contributed by atoms with Gasteiger partial charge in [-0.15, -0.1) is 11.3 Å². The van der Waals surface area contributed by atoms with Crippen molar-refractivity contribution < 1.29 is 9.53 Å². The molecule has 5 nitrogen and oxygen atoms in total. The number of aromatic nitrogens is 1. The molecule has 0 unspecified atom stereocenters. The molecule has 0 saturated heterocycles. The molecule has 2 rings (SSSR count). The van der Waals surface area contributed by atoms with Crippen molar-refractivity contribution in [2.75, 3.05) is 10.6 Å². The molecule has 0 fully saturated rings. The zero-order valence-corrected chi connectivity index (χ0v) is 14.1. The van der Waals surface area contributed by atoms with E-state index in [0.29, 0.717) is 5.82 Å². The van der Waals surface area contributed by atoms with Crippen LogP contribution in [0.4, 0.5) is 16.3 Å². The van der Waals surface area contributed by atoms with Crippen LogP contribution in [-0.4, -0.2) is 16.7 Å². The predicted molar refractivity (Wildman–Crippen MR) is 90.5 cm³/mol. The number of ether oxygens (including phenoxy) is 1. The molecule has 0 aliphatic carbocycles. The number of aryl methyl sites for hydroxylation is 1. The molecule has 22 heavy (non-hydrogen) atoms. The summed E-state index contributed by atoms with van der Waals surface area (Å²) < 4.78 is 5.18. The van der Waals surface area contributed by atoms with Crippen LogP contribution in [-0.2, 0) is 11.3 Å². The number of thiophene rings is 1. The summed E-state index contributed by atoms with van der Waals surface area (Å²) in [6, 6.07) is 7.83. The molecule has 0 radical (unpaired) electrons. The maximum Gasteiger partial charge on any atom is 0.413 e. The molecule has 1 amide bonds. The van der Waals surface area contributed by atoms with Gasteiger partial charge in [-0.25, -0.2) is 9.78 Å². The van der Waals surface area contributed by atoms with Gasteiger partial charge in [-0.05, 0) is 52.0 Å². The largest absolute Gasteiger partial charge is 0.444 e. The van der Waals surface area contributed by atoms with E-state index >= 15 is 0 Å². The average molecular weight is 319 g/mol. The smallest absolute Gasteiger partial charge is 0.413 e. The lowest BCUT2D eigenvalue weighted by molar-refractivity contribution is 0.0635. The highest BCUT2D eigenvalue weighted by molar-refractivity contribution is 7.11. The van der Waals surface area contributed by atoms with Gasteiger partial charge in [0, 0.05) is 16.3 Å². The monoisotopic (exact) mass is 319 g/mol. The summed E-state index contributed by atoms with van der Waals surface area (Å²) in [6.45, 7) is 8.31. The minimum Gasteiger partial charge on any atom is -0.444 e. The van der Waals surface area contributed by atoms with Gasteiger partial charge in [-0.3, -0.25) is 5.32 Å². The van der Waals surface area contributed by atoms with Crippen molar-refractivity contribution in [2.24, 2.45) is 0 Å². The van der Waals surface area contributed by atoms with E-state index in [-0.39, 0.29) is 0 Å². The number of hydrogen-bond donors (Lipinski definition) is 2. The molecule has 0 spiro atoms. The molecule has 0 bridgehead atoms. The van der Waals surface area contributed by atoms with Crippen LogP contribution in [0.3, 0.4) is 0 Å². The molecule has 6 heteroatoms. The van der Waals surface area contributed by atoms with Gasteiger partial charge in [0.25, 0.3) is 0 Å². The number of nitrogens with one attached hydrogen (secondary N) is 2. The zero-order chi connectivity index (χ0) is 16.2. The van der Waals surface area contributed by atoms with Gasteiger partial charge in [0.05, 0.1) is 11.9 Å². The molecule has 2 N–H and O–H groups in total. The molecule has 0 aromatic carbocycles. The van der Waals surface area contributed by atoms with Crippen LogP contribution in [0.25, 0.3) is 0 Å². The highest BCUT2D eigenvalue weighted by atomic mass is 32.1. The maximum atomic E-state index is 11.6. The summed E-state index contributed by atoms with van der Waals surface area (Å²) in [5.74, 6) is 0.465. The zero-order valence-electron chi connectivity index (χ0n) is 13.3. The topological polar surface area (TPSA) is 63.2 Å². The number of anilines is 2. The summed E-state index contributed by atoms with van der Waals surface area (Å²) >= 11 is 1.77. The third kappa shape index (κ3) is 5.37. The number of rotatable bonds is 4. The Kier molecular flexibility index (Phi) is 5.03. The summed E-state index contributed by atoms with van der Waals surface area (Å²) in [4.78, 5) is 18.4. The van der Waals surface area contributed by atoms with E-state index in [0.717, 1.165) is 12.2 Å². The quantitative estimate of drug-likeness (QED) is 0.876. The maximum absolute atomic E-state index is 11.6. The van der Waals surface area contributed by atoms with Crippen LogP contribution in [0.1, 0.15) is 30.5 Å². The fraction of sp³-hybridized carbons (Fsp3) is 0.375. The molecule has 2 aromatic heterocycles. The van der Waals surface area contributed by atoms with Gasteiger partial charge in [0.2, 0.25) is 0 Å². The molecule has 118 valence electrons. The van der Waals surface area contributed by atoms with Crippen molar-refractivity contribution in [1.82, 2.24) is 4.98 Å². The first-order valence-corrected chi connectivity index (χ1v) is 7.89. The van der Waals surface area contributed by atoms with Gasteiger partial charge in [0.1, 0.15) is 11.4 Å². The predicted octanol–water partition coefficient (Wildman–Crippen LogP) is 4.41. The van der Waals surface area contributed by atoms with E-state index in [1.807, 2.05) is 26.8 Å². The van der Waals surface area contributed by atoms with Crippen molar-refractivity contribution in [2.45, 2.75) is 39.8 Å². The number of amides is 1. The number of nitrogens with zero attached hydrogens (tertiary/aromatic N) is 1. The molecule has 2 heterocycles. The number of carbonyl (C=O) groups excluding carboxylic acids is 1. The third-order valence-corrected chi connectivity index (χ3v) is 3.66. The van der Waals surface area contributed by atoms with Crippen LogP contribution >= 0.6 is 11.3 Å². The summed E-state index contributed by atoms with van der Waals surface area (Å²) in [5.41, 5.74) is 0.380. The van der Waals surface area contributed by atoms with E-state index in [1.165, 1.54) is 9.75 Å².